The van der Waals surface area contributed by atoms with E-state index < -0.39 is 0 Å². The van der Waals surface area contributed by atoms with Crippen molar-refractivity contribution in [1.82, 2.24) is 15.0 Å². The predicted molar refractivity (Wildman–Crippen MR) is 327 cm³/mol. The summed E-state index contributed by atoms with van der Waals surface area (Å²) in [6.45, 7) is 13.7. The quantitative estimate of drug-likeness (QED) is 0.0905. The SMILES string of the molecule is CCCC(C)(C)c1ccc(-c2[c-]cc(-c3ccccc3-c3cc(-c4ccccc4-c4c[c-]c(-c5cc(C(C)(C)CCC)ccn5)cc4)cc(-c4ccccc4-c4c[c-]c(-c5ccccn5)cc4-c4ccccc4)c3)cc2)nc1.[Ir+3]. The summed E-state index contributed by atoms with van der Waals surface area (Å²) >= 11 is 0. The number of benzene rings is 8. The zero-order valence-electron chi connectivity index (χ0n) is 45.9. The minimum atomic E-state index is 0. The largest absolute Gasteiger partial charge is 3.00 e. The number of pyridine rings is 3. The average Bonchev–Trinajstić information content (AvgIpc) is 3.61. The van der Waals surface area contributed by atoms with Crippen molar-refractivity contribution in [2.45, 2.75) is 78.1 Å². The molecule has 0 radical (unpaired) electrons. The van der Waals surface area contributed by atoms with Crippen LogP contribution in [-0.2, 0) is 30.9 Å². The molecule has 79 heavy (non-hydrogen) atoms. The Morgan fingerprint density at radius 1 is 0.329 bits per heavy atom. The third kappa shape index (κ3) is 11.7. The molecule has 0 saturated carbocycles. The van der Waals surface area contributed by atoms with E-state index in [4.69, 9.17) is 15.0 Å². The Hall–Kier alpha value is -8.14. The van der Waals surface area contributed by atoms with Gasteiger partial charge in [0.05, 0.1) is 0 Å². The van der Waals surface area contributed by atoms with Crippen LogP contribution < -0.4 is 0 Å². The van der Waals surface area contributed by atoms with Gasteiger partial charge in [0.1, 0.15) is 0 Å². The van der Waals surface area contributed by atoms with E-state index in [1.807, 2.05) is 36.8 Å². The summed E-state index contributed by atoms with van der Waals surface area (Å²) in [4.78, 5) is 14.5. The average molecular weight is 1200 g/mol. The molecule has 0 saturated heterocycles. The van der Waals surface area contributed by atoms with E-state index in [2.05, 4.69) is 254 Å². The smallest absolute Gasteiger partial charge is 0.305 e. The molecule has 0 aliphatic carbocycles. The summed E-state index contributed by atoms with van der Waals surface area (Å²) in [6, 6.07) is 87.2. The topological polar surface area (TPSA) is 38.7 Å². The summed E-state index contributed by atoms with van der Waals surface area (Å²) < 4.78 is 0. The Balaban J connectivity index is 0.00000704. The van der Waals surface area contributed by atoms with E-state index in [-0.39, 0.29) is 30.9 Å². The molecule has 0 bridgehead atoms. The van der Waals surface area contributed by atoms with Gasteiger partial charge in [-0.2, -0.15) is 0 Å². The van der Waals surface area contributed by atoms with E-state index in [0.29, 0.717) is 0 Å². The molecular weight excluding hydrogens is 1140 g/mol. The van der Waals surface area contributed by atoms with Gasteiger partial charge in [-0.3, -0.25) is 0 Å². The van der Waals surface area contributed by atoms with Crippen LogP contribution in [0, 0.1) is 18.2 Å². The third-order valence-electron chi connectivity index (χ3n) is 15.5. The van der Waals surface area contributed by atoms with Gasteiger partial charge in [-0.1, -0.05) is 227 Å². The minimum Gasteiger partial charge on any atom is -0.305 e. The van der Waals surface area contributed by atoms with E-state index in [1.165, 1.54) is 11.1 Å². The number of aromatic nitrogens is 3. The van der Waals surface area contributed by atoms with Crippen LogP contribution in [0.25, 0.3) is 112 Å². The molecule has 8 aromatic carbocycles. The van der Waals surface area contributed by atoms with Gasteiger partial charge >= 0.3 is 20.1 Å². The van der Waals surface area contributed by atoms with Crippen molar-refractivity contribution in [3.63, 3.8) is 0 Å². The normalized spacial score (nSPS) is 11.5. The zero-order valence-corrected chi connectivity index (χ0v) is 48.3. The first-order valence-corrected chi connectivity index (χ1v) is 27.5. The maximum absolute atomic E-state index is 4.93. The second-order valence-corrected chi connectivity index (χ2v) is 21.8. The van der Waals surface area contributed by atoms with Crippen LogP contribution in [-0.4, -0.2) is 15.0 Å². The van der Waals surface area contributed by atoms with Crippen LogP contribution in [0.3, 0.4) is 0 Å². The molecule has 3 nitrogen and oxygen atoms in total. The zero-order chi connectivity index (χ0) is 53.6. The van der Waals surface area contributed by atoms with E-state index in [9.17, 15) is 0 Å². The Morgan fingerprint density at radius 2 is 0.810 bits per heavy atom. The van der Waals surface area contributed by atoms with Crippen molar-refractivity contribution in [1.29, 1.82) is 0 Å². The number of nitrogens with zero attached hydrogens (tertiary/aromatic N) is 3. The van der Waals surface area contributed by atoms with Crippen molar-refractivity contribution < 1.29 is 20.1 Å². The summed E-state index contributed by atoms with van der Waals surface area (Å²) in [5.74, 6) is 0. The molecular formula is C75H64IrN3. The fourth-order valence-electron chi connectivity index (χ4n) is 11.3. The summed E-state index contributed by atoms with van der Waals surface area (Å²) in [7, 11) is 0. The van der Waals surface area contributed by atoms with Gasteiger partial charge in [-0.05, 0) is 121 Å². The molecule has 11 rings (SSSR count). The summed E-state index contributed by atoms with van der Waals surface area (Å²) in [5, 5.41) is 0. The van der Waals surface area contributed by atoms with Gasteiger partial charge in [0.2, 0.25) is 0 Å². The van der Waals surface area contributed by atoms with Gasteiger partial charge in [0, 0.05) is 18.6 Å². The van der Waals surface area contributed by atoms with Crippen LogP contribution in [0.5, 0.6) is 0 Å². The van der Waals surface area contributed by atoms with Crippen LogP contribution >= 0.6 is 0 Å². The minimum absolute atomic E-state index is 0. The molecule has 3 heterocycles. The van der Waals surface area contributed by atoms with Crippen molar-refractivity contribution in [2.24, 2.45) is 0 Å². The van der Waals surface area contributed by atoms with Crippen LogP contribution in [0.2, 0.25) is 0 Å². The summed E-state index contributed by atoms with van der Waals surface area (Å²) in [6.07, 6.45) is 10.3. The maximum Gasteiger partial charge on any atom is 3.00 e. The van der Waals surface area contributed by atoms with Gasteiger partial charge in [-0.15, -0.1) is 83.4 Å². The second kappa shape index (κ2) is 23.8. The number of hydrogen-bond acceptors (Lipinski definition) is 3. The Labute approximate surface area is 482 Å². The van der Waals surface area contributed by atoms with Crippen molar-refractivity contribution in [3.8, 4) is 112 Å². The molecule has 388 valence electrons. The molecule has 0 fully saturated rings. The molecule has 0 aliphatic heterocycles. The van der Waals surface area contributed by atoms with E-state index in [0.717, 1.165) is 137 Å². The standard InChI is InChI=1S/C75H64N3.Ir/c1-7-42-74(3,4)61-41-45-77-73(50-61)56-35-31-54(32-36-56)64-23-13-15-25-66(64)59-46-58(65-24-14-12-22-63(65)53-29-33-55(34-30-53)72-40-38-62(51-78-72)75(5,6)43-8-2)47-60(48-59)67-26-16-17-27-68(67)69-39-37-57(71-28-18-19-44-76-71)49-70(69)52-20-10-9-11-21-52;/h9-33,35,38-41,44-51H,7-8,42-43H2,1-6H3;/q-3;+3. The van der Waals surface area contributed by atoms with Gasteiger partial charge in [0.25, 0.3) is 0 Å². The number of hydrogen-bond donors (Lipinski definition) is 0. The molecule has 0 unspecified atom stereocenters. The first kappa shape index (κ1) is 54.2. The fraction of sp³-hybridized carbons (Fsp3) is 0.160. The van der Waals surface area contributed by atoms with Gasteiger partial charge in [-0.25, -0.2) is 0 Å². The molecule has 0 aliphatic rings. The van der Waals surface area contributed by atoms with E-state index in [1.54, 1.807) is 0 Å². The summed E-state index contributed by atoms with van der Waals surface area (Å²) in [5.41, 5.74) is 23.9. The third-order valence-corrected chi connectivity index (χ3v) is 15.5. The molecule has 0 spiro atoms. The van der Waals surface area contributed by atoms with E-state index >= 15 is 0 Å². The maximum atomic E-state index is 4.93. The Kier molecular flexibility index (Phi) is 16.4. The Bertz CT molecular complexity index is 3840. The number of rotatable bonds is 16. The first-order valence-electron chi connectivity index (χ1n) is 27.5. The molecule has 0 N–H and O–H groups in total. The van der Waals surface area contributed by atoms with Gasteiger partial charge in [0.15, 0.2) is 0 Å². The molecule has 11 aromatic rings. The molecule has 4 heteroatoms. The van der Waals surface area contributed by atoms with Crippen molar-refractivity contribution in [3.05, 3.63) is 260 Å². The monoisotopic (exact) mass is 1200 g/mol. The first-order chi connectivity index (χ1) is 38.1. The van der Waals surface area contributed by atoms with Crippen LogP contribution in [0.15, 0.2) is 231 Å². The molecule has 0 amide bonds. The molecule has 3 aromatic heterocycles. The predicted octanol–water partition coefficient (Wildman–Crippen LogP) is 20.1. The van der Waals surface area contributed by atoms with Crippen molar-refractivity contribution in [2.75, 3.05) is 0 Å². The second-order valence-electron chi connectivity index (χ2n) is 21.8. The van der Waals surface area contributed by atoms with Crippen molar-refractivity contribution >= 4 is 0 Å². The fourth-order valence-corrected chi connectivity index (χ4v) is 11.3. The Morgan fingerprint density at radius 3 is 1.33 bits per heavy atom. The van der Waals surface area contributed by atoms with Crippen LogP contribution in [0.1, 0.15) is 78.4 Å². The van der Waals surface area contributed by atoms with Gasteiger partial charge < -0.3 is 15.0 Å². The molecule has 0 atom stereocenters. The van der Waals surface area contributed by atoms with Crippen LogP contribution in [0.4, 0.5) is 0 Å².